The van der Waals surface area contributed by atoms with E-state index in [4.69, 9.17) is 15.7 Å². The van der Waals surface area contributed by atoms with Gasteiger partial charge < -0.3 is 9.64 Å². The molecule has 0 atom stereocenters. The van der Waals surface area contributed by atoms with Gasteiger partial charge in [0.05, 0.1) is 38.2 Å². The number of aryl methyl sites for hydroxylation is 1. The molecule has 0 spiro atoms. The minimum Gasteiger partial charge on any atom is -0.494 e. The topological polar surface area (TPSA) is 60.2 Å². The Hall–Kier alpha value is -3.81. The van der Waals surface area contributed by atoms with Crippen LogP contribution in [0.4, 0.5) is 8.78 Å². The van der Waals surface area contributed by atoms with Gasteiger partial charge in [-0.05, 0) is 47.5 Å². The molecule has 0 radical (unpaired) electrons. The van der Waals surface area contributed by atoms with E-state index in [2.05, 4.69) is 10.1 Å². The fraction of sp³-hybridized carbons (Fsp3) is 0.174. The molecule has 0 unspecified atom stereocenters. The number of carbonyl (C=O) groups is 1. The number of amides is 1. The third-order valence-corrected chi connectivity index (χ3v) is 5.04. The lowest BCUT2D eigenvalue weighted by Crippen LogP contribution is -2.24. The van der Waals surface area contributed by atoms with E-state index in [9.17, 15) is 4.79 Å². The summed E-state index contributed by atoms with van der Waals surface area (Å²) in [4.78, 5) is 17.4. The molecule has 6 nitrogen and oxygen atoms in total. The molecule has 2 aromatic heterocycles. The summed E-state index contributed by atoms with van der Waals surface area (Å²) in [6.45, 7) is -5.86. The Morgan fingerprint density at radius 2 is 2.06 bits per heavy atom. The predicted octanol–water partition coefficient (Wildman–Crippen LogP) is 4.08. The molecular weight excluding hydrogens is 402 g/mol. The Morgan fingerprint density at radius 1 is 1.23 bits per heavy atom. The number of methoxy groups -OCH3 is 1. The quantitative estimate of drug-likeness (QED) is 0.492. The molecular formula is C23H18F2N4O2. The van der Waals surface area contributed by atoms with Gasteiger partial charge in [0.25, 0.3) is 5.91 Å². The van der Waals surface area contributed by atoms with Crippen molar-refractivity contribution in [3.05, 3.63) is 77.2 Å². The van der Waals surface area contributed by atoms with Crippen molar-refractivity contribution in [2.75, 3.05) is 7.04 Å². The molecule has 0 bridgehead atoms. The van der Waals surface area contributed by atoms with Crippen LogP contribution in [-0.4, -0.2) is 32.6 Å². The highest BCUT2D eigenvalue weighted by molar-refractivity contribution is 5.98. The van der Waals surface area contributed by atoms with Crippen LogP contribution in [0.15, 0.2) is 48.8 Å². The summed E-state index contributed by atoms with van der Waals surface area (Å²) >= 11 is 0. The third kappa shape index (κ3) is 3.11. The van der Waals surface area contributed by atoms with Crippen LogP contribution in [0, 0.1) is 11.6 Å². The van der Waals surface area contributed by atoms with E-state index >= 15 is 8.78 Å². The molecule has 3 heterocycles. The summed E-state index contributed by atoms with van der Waals surface area (Å²) in [5.74, 6) is -3.19. The minimum absolute atomic E-state index is 0.00652. The second-order valence-corrected chi connectivity index (χ2v) is 6.87. The number of hydrogen-bond acceptors (Lipinski definition) is 4. The van der Waals surface area contributed by atoms with Crippen molar-refractivity contribution in [1.29, 1.82) is 0 Å². The average molecular weight is 428 g/mol. The summed E-state index contributed by atoms with van der Waals surface area (Å²) < 4.78 is 97.8. The molecule has 8 heteroatoms. The molecule has 31 heavy (non-hydrogen) atoms. The monoisotopic (exact) mass is 428 g/mol. The van der Waals surface area contributed by atoms with Crippen LogP contribution in [0.1, 0.15) is 32.6 Å². The average Bonchev–Trinajstić information content (AvgIpc) is 3.35. The summed E-state index contributed by atoms with van der Waals surface area (Å²) in [6.07, 6.45) is 2.41. The number of halogens is 2. The molecule has 1 aliphatic heterocycles. The van der Waals surface area contributed by atoms with Crippen LogP contribution in [0.3, 0.4) is 0 Å². The Kier molecular flexibility index (Phi) is 2.80. The standard InChI is InChI=1S/C23H18F2N4O2/c1-28-10-16-14(5-6-21(31-2)22(16)27-28)13-8-18(24)17(19(25)9-13)11-29-12-20-15(23(29)30)4-3-7-26-20/h3-10H,11-12H2,1-2H3/i1D3,2D3,12D2. The fourth-order valence-corrected chi connectivity index (χ4v) is 3.58. The summed E-state index contributed by atoms with van der Waals surface area (Å²) in [6, 6.07) is 7.25. The van der Waals surface area contributed by atoms with E-state index < -0.39 is 50.2 Å². The first-order valence-corrected chi connectivity index (χ1v) is 9.05. The second kappa shape index (κ2) is 7.16. The first kappa shape index (κ1) is 12.1. The van der Waals surface area contributed by atoms with Crippen LogP contribution < -0.4 is 4.74 Å². The summed E-state index contributed by atoms with van der Waals surface area (Å²) in [5, 5.41) is 3.99. The van der Waals surface area contributed by atoms with Gasteiger partial charge in [0.2, 0.25) is 0 Å². The van der Waals surface area contributed by atoms with Gasteiger partial charge in [-0.1, -0.05) is 0 Å². The highest BCUT2D eigenvalue weighted by atomic mass is 19.1. The zero-order chi connectivity index (χ0) is 28.5. The zero-order valence-electron chi connectivity index (χ0n) is 23.7. The van der Waals surface area contributed by atoms with E-state index in [1.807, 2.05) is 0 Å². The van der Waals surface area contributed by atoms with Crippen molar-refractivity contribution in [3.63, 3.8) is 0 Å². The zero-order valence-corrected chi connectivity index (χ0v) is 15.7. The molecule has 1 aliphatic rings. The number of carbonyl (C=O) groups excluding carboxylic acids is 1. The molecule has 0 N–H and O–H groups in total. The highest BCUT2D eigenvalue weighted by Gasteiger charge is 2.29. The predicted molar refractivity (Wildman–Crippen MR) is 110 cm³/mol. The van der Waals surface area contributed by atoms with Gasteiger partial charge in [0.15, 0.2) is 0 Å². The Morgan fingerprint density at radius 3 is 2.81 bits per heavy atom. The number of aromatic nitrogens is 3. The highest BCUT2D eigenvalue weighted by Crippen LogP contribution is 2.35. The molecule has 156 valence electrons. The van der Waals surface area contributed by atoms with Gasteiger partial charge in [0.1, 0.15) is 22.9 Å². The van der Waals surface area contributed by atoms with E-state index in [1.165, 1.54) is 30.5 Å². The first-order valence-electron chi connectivity index (χ1n) is 13.1. The maximum atomic E-state index is 15.3. The van der Waals surface area contributed by atoms with E-state index in [0.717, 1.165) is 18.3 Å². The maximum Gasteiger partial charge on any atom is 0.256 e. The number of hydrogen-bond donors (Lipinski definition) is 0. The van der Waals surface area contributed by atoms with Gasteiger partial charge >= 0.3 is 0 Å². The molecule has 0 fully saturated rings. The lowest BCUT2D eigenvalue weighted by atomic mass is 9.99. The van der Waals surface area contributed by atoms with Crippen molar-refractivity contribution in [1.82, 2.24) is 19.7 Å². The van der Waals surface area contributed by atoms with Crippen molar-refractivity contribution < 1.29 is 29.3 Å². The number of benzene rings is 2. The molecule has 0 aliphatic carbocycles. The SMILES string of the molecule is [2H]C([2H])([2H])Oc1ccc(-c2cc(F)c(CN3C(=O)c4cccnc4C3([2H])[2H])c(F)c2)c2cn(C([2H])([2H])[2H])nc12. The van der Waals surface area contributed by atoms with Crippen molar-refractivity contribution in [2.45, 2.75) is 13.0 Å². The van der Waals surface area contributed by atoms with Gasteiger partial charge in [-0.3, -0.25) is 14.5 Å². The largest absolute Gasteiger partial charge is 0.494 e. The van der Waals surface area contributed by atoms with Crippen LogP contribution in [0.5, 0.6) is 5.75 Å². The van der Waals surface area contributed by atoms with Gasteiger partial charge in [0, 0.05) is 34.4 Å². The molecule has 4 aromatic rings. The number of fused-ring (bicyclic) bond motifs is 2. The number of nitrogens with zero attached hydrogens (tertiary/aromatic N) is 4. The molecule has 5 rings (SSSR count). The molecule has 2 aromatic carbocycles. The Bertz CT molecular complexity index is 1610. The van der Waals surface area contributed by atoms with E-state index in [-0.39, 0.29) is 39.0 Å². The summed E-state index contributed by atoms with van der Waals surface area (Å²) in [5.41, 5.74) is -0.781. The number of pyridine rings is 1. The normalized spacial score (nSPS) is 19.4. The van der Waals surface area contributed by atoms with Crippen molar-refractivity contribution in [2.24, 2.45) is 6.98 Å². The number of ether oxygens (including phenoxy) is 1. The van der Waals surface area contributed by atoms with Gasteiger partial charge in [-0.15, -0.1) is 0 Å². The minimum atomic E-state index is -2.87. The van der Waals surface area contributed by atoms with Gasteiger partial charge in [-0.2, -0.15) is 5.10 Å². The molecule has 1 amide bonds. The summed E-state index contributed by atoms with van der Waals surface area (Å²) in [7, 11) is -2.87. The third-order valence-electron chi connectivity index (χ3n) is 5.04. The lowest BCUT2D eigenvalue weighted by Gasteiger charge is -2.17. The molecule has 0 saturated heterocycles. The van der Waals surface area contributed by atoms with E-state index in [1.54, 1.807) is 0 Å². The fourth-order valence-electron chi connectivity index (χ4n) is 3.58. The number of rotatable bonds is 4. The van der Waals surface area contributed by atoms with E-state index in [0.29, 0.717) is 9.58 Å². The van der Waals surface area contributed by atoms with Crippen LogP contribution in [0.25, 0.3) is 22.0 Å². The first-order chi connectivity index (χ1) is 18.1. The Balaban J connectivity index is 1.57. The lowest BCUT2D eigenvalue weighted by molar-refractivity contribution is 0.0763. The molecule has 0 saturated carbocycles. The van der Waals surface area contributed by atoms with Crippen molar-refractivity contribution in [3.8, 4) is 16.9 Å². The van der Waals surface area contributed by atoms with Crippen LogP contribution in [-0.2, 0) is 20.0 Å². The Labute approximate surface area is 187 Å². The second-order valence-electron chi connectivity index (χ2n) is 6.87. The van der Waals surface area contributed by atoms with Crippen LogP contribution >= 0.6 is 0 Å². The smallest absolute Gasteiger partial charge is 0.256 e. The maximum absolute atomic E-state index is 15.3. The van der Waals surface area contributed by atoms with Crippen molar-refractivity contribution >= 4 is 16.8 Å². The van der Waals surface area contributed by atoms with Crippen LogP contribution in [0.2, 0.25) is 0 Å². The van der Waals surface area contributed by atoms with Gasteiger partial charge in [-0.25, -0.2) is 8.78 Å².